The predicted octanol–water partition coefficient (Wildman–Crippen LogP) is 1.97. The van der Waals surface area contributed by atoms with Crippen LogP contribution in [0.15, 0.2) is 18.3 Å². The van der Waals surface area contributed by atoms with Crippen LogP contribution in [0, 0.1) is 0 Å². The van der Waals surface area contributed by atoms with Gasteiger partial charge in [0.15, 0.2) is 0 Å². The Morgan fingerprint density at radius 2 is 2.06 bits per heavy atom. The molecule has 0 aliphatic carbocycles. The lowest BCUT2D eigenvalue weighted by Crippen LogP contribution is -2.05. The van der Waals surface area contributed by atoms with Crippen LogP contribution < -0.4 is 5.32 Å². The second-order valence-electron chi connectivity index (χ2n) is 4.07. The molecule has 2 rings (SSSR count). The van der Waals surface area contributed by atoms with E-state index in [2.05, 4.69) is 39.7 Å². The lowest BCUT2D eigenvalue weighted by molar-refractivity contribution is 0.583. The maximum Gasteiger partial charge on any atom is 0.148 e. The molecule has 0 spiro atoms. The molecule has 18 heavy (non-hydrogen) atoms. The topological polar surface area (TPSA) is 68.5 Å². The van der Waals surface area contributed by atoms with Crippen LogP contribution in [0.3, 0.4) is 0 Å². The van der Waals surface area contributed by atoms with E-state index in [4.69, 9.17) is 0 Å². The third-order valence-electron chi connectivity index (χ3n) is 2.54. The number of aryl methyl sites for hydroxylation is 1. The molecule has 6 heteroatoms. The Kier molecular flexibility index (Phi) is 4.22. The molecular weight excluding hydrogens is 228 g/mol. The van der Waals surface area contributed by atoms with Gasteiger partial charge >= 0.3 is 0 Å². The number of rotatable bonds is 6. The minimum absolute atomic E-state index is 0.801. The van der Waals surface area contributed by atoms with E-state index >= 15 is 0 Å². The van der Waals surface area contributed by atoms with Crippen molar-refractivity contribution in [2.45, 2.75) is 33.2 Å². The highest BCUT2D eigenvalue weighted by Gasteiger charge is 2.07. The lowest BCUT2D eigenvalue weighted by Gasteiger charge is -2.05. The van der Waals surface area contributed by atoms with Gasteiger partial charge in [-0.3, -0.25) is 0 Å². The van der Waals surface area contributed by atoms with Gasteiger partial charge in [-0.05, 0) is 25.0 Å². The van der Waals surface area contributed by atoms with Gasteiger partial charge in [0.2, 0.25) is 0 Å². The van der Waals surface area contributed by atoms with Gasteiger partial charge in [0, 0.05) is 13.1 Å². The maximum atomic E-state index is 4.20. The summed E-state index contributed by atoms with van der Waals surface area (Å²) >= 11 is 0. The number of aromatic nitrogens is 5. The quantitative estimate of drug-likeness (QED) is 0.844. The van der Waals surface area contributed by atoms with Crippen LogP contribution in [0.4, 0.5) is 5.82 Å². The predicted molar refractivity (Wildman–Crippen MR) is 70.1 cm³/mol. The summed E-state index contributed by atoms with van der Waals surface area (Å²) in [4.78, 5) is 0. The van der Waals surface area contributed by atoms with Crippen molar-refractivity contribution in [3.05, 3.63) is 18.3 Å². The van der Waals surface area contributed by atoms with Crippen LogP contribution in [0.2, 0.25) is 0 Å². The molecular formula is C12H18N6. The molecule has 0 aromatic carbocycles. The molecule has 0 amide bonds. The first-order valence-electron chi connectivity index (χ1n) is 6.31. The molecule has 2 aromatic rings. The molecule has 2 heterocycles. The van der Waals surface area contributed by atoms with Gasteiger partial charge in [-0.2, -0.15) is 0 Å². The van der Waals surface area contributed by atoms with Gasteiger partial charge < -0.3 is 5.32 Å². The summed E-state index contributed by atoms with van der Waals surface area (Å²) in [7, 11) is 0. The van der Waals surface area contributed by atoms with E-state index in [0.29, 0.717) is 0 Å². The maximum absolute atomic E-state index is 4.20. The molecule has 6 nitrogen and oxygen atoms in total. The fourth-order valence-corrected chi connectivity index (χ4v) is 1.65. The number of anilines is 1. The minimum Gasteiger partial charge on any atom is -0.369 e. The Morgan fingerprint density at radius 3 is 2.72 bits per heavy atom. The van der Waals surface area contributed by atoms with Crippen LogP contribution in [0.1, 0.15) is 26.7 Å². The number of hydrogen-bond acceptors (Lipinski definition) is 5. The van der Waals surface area contributed by atoms with Crippen molar-refractivity contribution in [1.29, 1.82) is 0 Å². The first-order valence-corrected chi connectivity index (χ1v) is 6.31. The van der Waals surface area contributed by atoms with Crippen LogP contribution in [-0.2, 0) is 6.54 Å². The van der Waals surface area contributed by atoms with E-state index in [1.807, 2.05) is 16.8 Å². The highest BCUT2D eigenvalue weighted by molar-refractivity contribution is 5.53. The Bertz CT molecular complexity index is 476. The highest BCUT2D eigenvalue weighted by atomic mass is 15.4. The van der Waals surface area contributed by atoms with Crippen molar-refractivity contribution in [2.24, 2.45) is 0 Å². The summed E-state index contributed by atoms with van der Waals surface area (Å²) in [6.45, 7) is 5.97. The number of nitrogens with zero attached hydrogens (tertiary/aromatic N) is 5. The van der Waals surface area contributed by atoms with E-state index in [0.717, 1.165) is 43.1 Å². The molecule has 0 unspecified atom stereocenters. The zero-order chi connectivity index (χ0) is 12.8. The smallest absolute Gasteiger partial charge is 0.148 e. The molecule has 0 fully saturated rings. The highest BCUT2D eigenvalue weighted by Crippen LogP contribution is 2.15. The summed E-state index contributed by atoms with van der Waals surface area (Å²) < 4.78 is 1.85. The minimum atomic E-state index is 0.801. The van der Waals surface area contributed by atoms with Crippen LogP contribution in [0.5, 0.6) is 0 Å². The molecule has 0 saturated heterocycles. The molecule has 96 valence electrons. The summed E-state index contributed by atoms with van der Waals surface area (Å²) in [5.41, 5.74) is 1.71. The van der Waals surface area contributed by atoms with Crippen molar-refractivity contribution in [3.8, 4) is 11.4 Å². The van der Waals surface area contributed by atoms with Crippen LogP contribution in [0.25, 0.3) is 11.4 Å². The Hall–Kier alpha value is -1.98. The second-order valence-corrected chi connectivity index (χ2v) is 4.07. The van der Waals surface area contributed by atoms with Crippen LogP contribution in [-0.4, -0.2) is 31.7 Å². The van der Waals surface area contributed by atoms with Crippen molar-refractivity contribution in [2.75, 3.05) is 11.9 Å². The lowest BCUT2D eigenvalue weighted by atomic mass is 10.3. The average molecular weight is 246 g/mol. The molecule has 2 aromatic heterocycles. The zero-order valence-corrected chi connectivity index (χ0v) is 10.8. The third-order valence-corrected chi connectivity index (χ3v) is 2.54. The first-order chi connectivity index (χ1) is 8.85. The molecule has 0 aliphatic heterocycles. The van der Waals surface area contributed by atoms with E-state index in [1.54, 1.807) is 6.20 Å². The monoisotopic (exact) mass is 246 g/mol. The standard InChI is InChI=1S/C12H18N6/c1-3-7-13-12-6-5-10(15-16-12)11-9-14-17-18(11)8-4-2/h5-6,9H,3-4,7-8H2,1-2H3,(H,13,16). The molecule has 0 atom stereocenters. The van der Waals surface area contributed by atoms with Gasteiger partial charge in [-0.15, -0.1) is 15.3 Å². The first kappa shape index (κ1) is 12.5. The number of hydrogen-bond donors (Lipinski definition) is 1. The summed E-state index contributed by atoms with van der Waals surface area (Å²) in [6, 6.07) is 3.87. The molecule has 0 radical (unpaired) electrons. The van der Waals surface area contributed by atoms with Crippen molar-refractivity contribution >= 4 is 5.82 Å². The van der Waals surface area contributed by atoms with E-state index < -0.39 is 0 Å². The Labute approximate surface area is 106 Å². The average Bonchev–Trinajstić information content (AvgIpc) is 2.86. The SMILES string of the molecule is CCCNc1ccc(-c2cnnn2CCC)nn1. The molecule has 0 saturated carbocycles. The van der Waals surface area contributed by atoms with Gasteiger partial charge in [0.05, 0.1) is 6.20 Å². The number of nitrogens with one attached hydrogen (secondary N) is 1. The second kappa shape index (κ2) is 6.09. The molecule has 0 aliphatic rings. The fourth-order valence-electron chi connectivity index (χ4n) is 1.65. The normalized spacial score (nSPS) is 10.6. The van der Waals surface area contributed by atoms with Gasteiger partial charge in [0.1, 0.15) is 17.2 Å². The molecule has 0 bridgehead atoms. The van der Waals surface area contributed by atoms with Crippen molar-refractivity contribution < 1.29 is 0 Å². The van der Waals surface area contributed by atoms with Gasteiger partial charge in [0.25, 0.3) is 0 Å². The largest absolute Gasteiger partial charge is 0.369 e. The third kappa shape index (κ3) is 2.82. The summed E-state index contributed by atoms with van der Waals surface area (Å²) in [5, 5.41) is 19.5. The zero-order valence-electron chi connectivity index (χ0n) is 10.8. The Balaban J connectivity index is 2.15. The van der Waals surface area contributed by atoms with E-state index in [1.165, 1.54) is 0 Å². The van der Waals surface area contributed by atoms with E-state index in [9.17, 15) is 0 Å². The van der Waals surface area contributed by atoms with Crippen molar-refractivity contribution in [3.63, 3.8) is 0 Å². The van der Waals surface area contributed by atoms with Gasteiger partial charge in [-0.1, -0.05) is 19.1 Å². The van der Waals surface area contributed by atoms with Crippen molar-refractivity contribution in [1.82, 2.24) is 25.2 Å². The van der Waals surface area contributed by atoms with Crippen LogP contribution >= 0.6 is 0 Å². The molecule has 1 N–H and O–H groups in total. The fraction of sp³-hybridized carbons (Fsp3) is 0.500. The summed E-state index contributed by atoms with van der Waals surface area (Å²) in [5.74, 6) is 0.801. The van der Waals surface area contributed by atoms with E-state index in [-0.39, 0.29) is 0 Å². The van der Waals surface area contributed by atoms with Gasteiger partial charge in [-0.25, -0.2) is 4.68 Å². The Morgan fingerprint density at radius 1 is 1.17 bits per heavy atom. The summed E-state index contributed by atoms with van der Waals surface area (Å²) in [6.07, 6.45) is 3.80.